The van der Waals surface area contributed by atoms with Crippen molar-refractivity contribution in [1.82, 2.24) is 29.2 Å². The third kappa shape index (κ3) is 3.52. The molecule has 0 saturated carbocycles. The molecule has 4 heterocycles. The molecule has 9 heteroatoms. The lowest BCUT2D eigenvalue weighted by Gasteiger charge is -2.11. The van der Waals surface area contributed by atoms with Crippen LogP contribution in [0.15, 0.2) is 36.8 Å². The molecule has 0 aromatic carbocycles. The molecule has 0 bridgehead atoms. The van der Waals surface area contributed by atoms with Crippen LogP contribution in [0.4, 0.5) is 11.9 Å². The Kier molecular flexibility index (Phi) is 5.13. The molecule has 4 aromatic heterocycles. The molecule has 9 nitrogen and oxygen atoms in total. The highest BCUT2D eigenvalue weighted by Gasteiger charge is 2.21. The van der Waals surface area contributed by atoms with Gasteiger partial charge < -0.3 is 20.7 Å². The smallest absolute Gasteiger partial charge is 0.220 e. The van der Waals surface area contributed by atoms with Crippen LogP contribution in [0.5, 0.6) is 5.75 Å². The predicted octanol–water partition coefficient (Wildman–Crippen LogP) is 2.29. The normalized spacial score (nSPS) is 11.4. The summed E-state index contributed by atoms with van der Waals surface area (Å²) in [5.41, 5.74) is 9.11. The van der Waals surface area contributed by atoms with Crippen molar-refractivity contribution < 1.29 is 4.74 Å². The van der Waals surface area contributed by atoms with E-state index in [0.29, 0.717) is 11.4 Å². The first-order chi connectivity index (χ1) is 14.1. The number of nitrogens with zero attached hydrogens (tertiary/aromatic N) is 6. The number of aromatic nitrogens is 5. The van der Waals surface area contributed by atoms with Gasteiger partial charge in [0.15, 0.2) is 5.65 Å². The Labute approximate surface area is 168 Å². The molecule has 4 aromatic rings. The summed E-state index contributed by atoms with van der Waals surface area (Å²) >= 11 is 0. The molecule has 0 radical (unpaired) electrons. The Bertz CT molecular complexity index is 1150. The third-order valence-corrected chi connectivity index (χ3v) is 4.71. The number of anilines is 2. The summed E-state index contributed by atoms with van der Waals surface area (Å²) in [5.74, 6) is 1.65. The molecule has 0 aliphatic carbocycles. The summed E-state index contributed by atoms with van der Waals surface area (Å²) in [6.45, 7) is 1.79. The summed E-state index contributed by atoms with van der Waals surface area (Å²) in [4.78, 5) is 19.8. The van der Waals surface area contributed by atoms with Gasteiger partial charge in [-0.15, -0.1) is 0 Å². The molecule has 0 amide bonds. The standard InChI is InChI=1S/C20H24N8O/c1-27(2)12-4-8-24-20-25-10-6-14-16(13-5-9-23-19(21)26-13)17-15(29-3)7-11-22-18(17)28(14)20/h5-7,9-11H,4,8,12H2,1-3H3,(H,24,25)(H2,21,23,26). The van der Waals surface area contributed by atoms with E-state index in [1.807, 2.05) is 22.6 Å². The highest BCUT2D eigenvalue weighted by Crippen LogP contribution is 2.39. The van der Waals surface area contributed by atoms with E-state index in [0.717, 1.165) is 47.6 Å². The van der Waals surface area contributed by atoms with E-state index in [1.54, 1.807) is 25.7 Å². The lowest BCUT2D eigenvalue weighted by Crippen LogP contribution is -2.17. The van der Waals surface area contributed by atoms with Gasteiger partial charge in [-0.1, -0.05) is 0 Å². The van der Waals surface area contributed by atoms with Crippen molar-refractivity contribution in [3.8, 4) is 17.0 Å². The lowest BCUT2D eigenvalue weighted by atomic mass is 10.1. The number of hydrogen-bond donors (Lipinski definition) is 2. The van der Waals surface area contributed by atoms with Crippen LogP contribution in [0.2, 0.25) is 0 Å². The number of nitrogen functional groups attached to an aromatic ring is 1. The Balaban J connectivity index is 1.93. The van der Waals surface area contributed by atoms with Crippen LogP contribution in [-0.4, -0.2) is 63.5 Å². The zero-order valence-electron chi connectivity index (χ0n) is 16.8. The van der Waals surface area contributed by atoms with Crippen molar-refractivity contribution in [2.24, 2.45) is 0 Å². The molecule has 0 aliphatic heterocycles. The predicted molar refractivity (Wildman–Crippen MR) is 114 cm³/mol. The highest BCUT2D eigenvalue weighted by molar-refractivity contribution is 6.07. The van der Waals surface area contributed by atoms with Gasteiger partial charge in [0.2, 0.25) is 11.9 Å². The maximum atomic E-state index is 5.85. The van der Waals surface area contributed by atoms with E-state index in [2.05, 4.69) is 44.2 Å². The van der Waals surface area contributed by atoms with Gasteiger partial charge in [0.25, 0.3) is 0 Å². The number of pyridine rings is 1. The largest absolute Gasteiger partial charge is 0.496 e. The molecule has 3 N–H and O–H groups in total. The van der Waals surface area contributed by atoms with Crippen LogP contribution in [0, 0.1) is 0 Å². The summed E-state index contributed by atoms with van der Waals surface area (Å²) in [7, 11) is 5.77. The minimum atomic E-state index is 0.217. The summed E-state index contributed by atoms with van der Waals surface area (Å²) in [6, 6.07) is 5.62. The van der Waals surface area contributed by atoms with Gasteiger partial charge in [-0.05, 0) is 45.3 Å². The minimum Gasteiger partial charge on any atom is -0.496 e. The second-order valence-electron chi connectivity index (χ2n) is 6.96. The Morgan fingerprint density at radius 1 is 1.10 bits per heavy atom. The van der Waals surface area contributed by atoms with Crippen LogP contribution in [-0.2, 0) is 0 Å². The van der Waals surface area contributed by atoms with Gasteiger partial charge in [-0.3, -0.25) is 4.40 Å². The van der Waals surface area contributed by atoms with Crippen LogP contribution in [0.3, 0.4) is 0 Å². The zero-order chi connectivity index (χ0) is 20.4. The number of ether oxygens (including phenoxy) is 1. The van der Waals surface area contributed by atoms with E-state index in [9.17, 15) is 0 Å². The Morgan fingerprint density at radius 3 is 2.66 bits per heavy atom. The monoisotopic (exact) mass is 392 g/mol. The van der Waals surface area contributed by atoms with Crippen molar-refractivity contribution in [1.29, 1.82) is 0 Å². The number of fused-ring (bicyclic) bond motifs is 3. The van der Waals surface area contributed by atoms with Gasteiger partial charge in [-0.25, -0.2) is 19.9 Å². The average Bonchev–Trinajstić information content (AvgIpc) is 3.06. The van der Waals surface area contributed by atoms with Crippen LogP contribution < -0.4 is 15.8 Å². The van der Waals surface area contributed by atoms with Gasteiger partial charge in [-0.2, -0.15) is 0 Å². The minimum absolute atomic E-state index is 0.217. The number of hydrogen-bond acceptors (Lipinski definition) is 8. The van der Waals surface area contributed by atoms with E-state index in [4.69, 9.17) is 10.5 Å². The van der Waals surface area contributed by atoms with E-state index < -0.39 is 0 Å². The number of nitrogens with two attached hydrogens (primary N) is 1. The summed E-state index contributed by atoms with van der Waals surface area (Å²) in [5, 5.41) is 4.29. The fourth-order valence-corrected chi connectivity index (χ4v) is 3.46. The SMILES string of the molecule is COc1ccnc2c1c(-c1ccnc(N)n1)c1ccnc(NCCCN(C)C)n12. The van der Waals surface area contributed by atoms with Gasteiger partial charge in [0, 0.05) is 30.7 Å². The second-order valence-corrected chi connectivity index (χ2v) is 6.96. The molecule has 0 aliphatic rings. The molecular weight excluding hydrogens is 368 g/mol. The number of methoxy groups -OCH3 is 1. The molecule has 29 heavy (non-hydrogen) atoms. The quantitative estimate of drug-likeness (QED) is 0.462. The van der Waals surface area contributed by atoms with E-state index in [-0.39, 0.29) is 5.95 Å². The van der Waals surface area contributed by atoms with Crippen molar-refractivity contribution >= 4 is 28.4 Å². The van der Waals surface area contributed by atoms with Gasteiger partial charge in [0.05, 0.1) is 23.7 Å². The fraction of sp³-hybridized carbons (Fsp3) is 0.300. The second kappa shape index (κ2) is 7.88. The average molecular weight is 392 g/mol. The first-order valence-electron chi connectivity index (χ1n) is 9.39. The van der Waals surface area contributed by atoms with E-state index in [1.165, 1.54) is 0 Å². The molecule has 0 saturated heterocycles. The summed E-state index contributed by atoms with van der Waals surface area (Å²) < 4.78 is 7.64. The third-order valence-electron chi connectivity index (χ3n) is 4.71. The zero-order valence-corrected chi connectivity index (χ0v) is 16.8. The van der Waals surface area contributed by atoms with Crippen molar-refractivity contribution in [3.05, 3.63) is 36.8 Å². The van der Waals surface area contributed by atoms with Crippen LogP contribution in [0.1, 0.15) is 6.42 Å². The first kappa shape index (κ1) is 18.9. The summed E-state index contributed by atoms with van der Waals surface area (Å²) in [6.07, 6.45) is 6.16. The molecule has 0 atom stereocenters. The fourth-order valence-electron chi connectivity index (χ4n) is 3.46. The van der Waals surface area contributed by atoms with Crippen molar-refractivity contribution in [2.75, 3.05) is 45.3 Å². The number of rotatable bonds is 7. The Hall–Kier alpha value is -3.46. The maximum absolute atomic E-state index is 5.85. The molecule has 0 fully saturated rings. The highest BCUT2D eigenvalue weighted by atomic mass is 16.5. The van der Waals surface area contributed by atoms with Crippen molar-refractivity contribution in [2.45, 2.75) is 6.42 Å². The van der Waals surface area contributed by atoms with Crippen LogP contribution in [0.25, 0.3) is 27.8 Å². The Morgan fingerprint density at radius 2 is 1.90 bits per heavy atom. The maximum Gasteiger partial charge on any atom is 0.220 e. The molecule has 0 unspecified atom stereocenters. The van der Waals surface area contributed by atoms with Gasteiger partial charge in [0.1, 0.15) is 5.75 Å². The van der Waals surface area contributed by atoms with Gasteiger partial charge >= 0.3 is 0 Å². The lowest BCUT2D eigenvalue weighted by molar-refractivity contribution is 0.405. The molecule has 150 valence electrons. The topological polar surface area (TPSA) is 106 Å². The molecule has 0 spiro atoms. The van der Waals surface area contributed by atoms with E-state index >= 15 is 0 Å². The molecular formula is C20H24N8O. The van der Waals surface area contributed by atoms with Crippen molar-refractivity contribution in [3.63, 3.8) is 0 Å². The first-order valence-corrected chi connectivity index (χ1v) is 9.39. The number of nitrogens with one attached hydrogen (secondary N) is 1. The van der Waals surface area contributed by atoms with Crippen LogP contribution >= 0.6 is 0 Å². The molecule has 4 rings (SSSR count).